The van der Waals surface area contributed by atoms with Crippen LogP contribution in [-0.4, -0.2) is 30.0 Å². The van der Waals surface area contributed by atoms with Gasteiger partial charge in [0.05, 0.1) is 11.3 Å². The van der Waals surface area contributed by atoms with Crippen LogP contribution in [0, 0.1) is 0 Å². The van der Waals surface area contributed by atoms with E-state index < -0.39 is 0 Å². The summed E-state index contributed by atoms with van der Waals surface area (Å²) in [4.78, 5) is 23.1. The largest absolute Gasteiger partial charge is 0.362 e. The van der Waals surface area contributed by atoms with Crippen molar-refractivity contribution in [2.24, 2.45) is 0 Å². The molecule has 0 saturated heterocycles. The molecule has 0 radical (unpaired) electrons. The van der Waals surface area contributed by atoms with Crippen LogP contribution >= 0.6 is 27.3 Å². The number of carbonyl (C=O) groups is 1. The Balaban J connectivity index is 1.80. The summed E-state index contributed by atoms with van der Waals surface area (Å²) in [5.74, 6) is 0.406. The molecule has 1 N–H and O–H groups in total. The lowest BCUT2D eigenvalue weighted by atomic mass is 10.2. The Morgan fingerprint density at radius 2 is 1.96 bits per heavy atom. The zero-order valence-electron chi connectivity index (χ0n) is 13.2. The summed E-state index contributed by atoms with van der Waals surface area (Å²) < 4.78 is 1.02. The van der Waals surface area contributed by atoms with Gasteiger partial charge < -0.3 is 4.90 Å². The molecule has 1 aromatic carbocycles. The number of hydrogen-bond acceptors (Lipinski definition) is 5. The number of pyridine rings is 1. The van der Waals surface area contributed by atoms with Crippen molar-refractivity contribution in [1.29, 1.82) is 0 Å². The number of amides is 1. The van der Waals surface area contributed by atoms with Gasteiger partial charge in [-0.3, -0.25) is 10.1 Å². The van der Waals surface area contributed by atoms with Crippen molar-refractivity contribution in [1.82, 2.24) is 9.97 Å². The molecule has 122 valence electrons. The van der Waals surface area contributed by atoms with Crippen LogP contribution in [0.5, 0.6) is 0 Å². The molecule has 0 unspecified atom stereocenters. The van der Waals surface area contributed by atoms with Crippen LogP contribution in [0.15, 0.2) is 52.4 Å². The maximum absolute atomic E-state index is 12.5. The smallest absolute Gasteiger partial charge is 0.261 e. The van der Waals surface area contributed by atoms with Gasteiger partial charge in [0.25, 0.3) is 5.91 Å². The quantitative estimate of drug-likeness (QED) is 0.706. The standard InChI is InChI=1S/C17H15BrN4OS/c1-22(2)15-13(4-3-9-19-15)16(23)21-17-20-14(10-24-17)11-5-7-12(18)8-6-11/h3-10H,1-2H3,(H,20,21,23). The van der Waals surface area contributed by atoms with Crippen molar-refractivity contribution in [3.05, 3.63) is 58.0 Å². The number of anilines is 2. The van der Waals surface area contributed by atoms with E-state index in [1.54, 1.807) is 18.3 Å². The average Bonchev–Trinajstić information content (AvgIpc) is 3.04. The summed E-state index contributed by atoms with van der Waals surface area (Å²) >= 11 is 4.81. The van der Waals surface area contributed by atoms with E-state index in [0.717, 1.165) is 15.7 Å². The third-order valence-corrected chi connectivity index (χ3v) is 4.61. The van der Waals surface area contributed by atoms with Crippen molar-refractivity contribution in [3.63, 3.8) is 0 Å². The van der Waals surface area contributed by atoms with E-state index in [1.165, 1.54) is 11.3 Å². The van der Waals surface area contributed by atoms with Crippen molar-refractivity contribution < 1.29 is 4.79 Å². The Labute approximate surface area is 152 Å². The Morgan fingerprint density at radius 3 is 2.67 bits per heavy atom. The molecule has 0 aliphatic rings. The van der Waals surface area contributed by atoms with Crippen LogP contribution in [0.3, 0.4) is 0 Å². The molecule has 0 spiro atoms. The molecule has 0 saturated carbocycles. The van der Waals surface area contributed by atoms with Gasteiger partial charge in [0.1, 0.15) is 5.82 Å². The third-order valence-electron chi connectivity index (χ3n) is 3.32. The molecule has 0 atom stereocenters. The highest BCUT2D eigenvalue weighted by Crippen LogP contribution is 2.27. The number of thiazole rings is 1. The summed E-state index contributed by atoms with van der Waals surface area (Å²) in [6, 6.07) is 11.4. The van der Waals surface area contributed by atoms with Gasteiger partial charge in [-0.05, 0) is 24.3 Å². The van der Waals surface area contributed by atoms with Gasteiger partial charge in [0, 0.05) is 35.7 Å². The number of hydrogen-bond donors (Lipinski definition) is 1. The van der Waals surface area contributed by atoms with E-state index >= 15 is 0 Å². The number of rotatable bonds is 4. The fraction of sp³-hybridized carbons (Fsp3) is 0.118. The van der Waals surface area contributed by atoms with Gasteiger partial charge in [-0.1, -0.05) is 28.1 Å². The Morgan fingerprint density at radius 1 is 1.21 bits per heavy atom. The monoisotopic (exact) mass is 402 g/mol. The first-order valence-corrected chi connectivity index (χ1v) is 8.87. The lowest BCUT2D eigenvalue weighted by Gasteiger charge is -2.14. The SMILES string of the molecule is CN(C)c1ncccc1C(=O)Nc1nc(-c2ccc(Br)cc2)cs1. The van der Waals surface area contributed by atoms with Crippen molar-refractivity contribution in [3.8, 4) is 11.3 Å². The third kappa shape index (κ3) is 3.63. The van der Waals surface area contributed by atoms with Gasteiger partial charge >= 0.3 is 0 Å². The minimum Gasteiger partial charge on any atom is -0.362 e. The van der Waals surface area contributed by atoms with Crippen molar-refractivity contribution in [2.45, 2.75) is 0 Å². The summed E-state index contributed by atoms with van der Waals surface area (Å²) in [7, 11) is 3.71. The summed E-state index contributed by atoms with van der Waals surface area (Å²) in [5, 5.41) is 5.33. The maximum atomic E-state index is 12.5. The first-order chi connectivity index (χ1) is 11.5. The van der Waals surface area contributed by atoms with Crippen molar-refractivity contribution >= 4 is 44.1 Å². The zero-order chi connectivity index (χ0) is 17.1. The Bertz CT molecular complexity index is 861. The van der Waals surface area contributed by atoms with E-state index in [9.17, 15) is 4.79 Å². The molecule has 24 heavy (non-hydrogen) atoms. The fourth-order valence-electron chi connectivity index (χ4n) is 2.18. The molecule has 2 heterocycles. The van der Waals surface area contributed by atoms with Crippen LogP contribution in [0.2, 0.25) is 0 Å². The Hall–Kier alpha value is -2.25. The second kappa shape index (κ2) is 7.11. The molecule has 0 bridgehead atoms. The number of nitrogens with one attached hydrogen (secondary N) is 1. The molecule has 3 rings (SSSR count). The molecular weight excluding hydrogens is 388 g/mol. The second-order valence-electron chi connectivity index (χ2n) is 5.27. The number of halogens is 1. The first kappa shape index (κ1) is 16.6. The van der Waals surface area contributed by atoms with Crippen LogP contribution in [0.1, 0.15) is 10.4 Å². The molecule has 3 aromatic rings. The molecule has 7 heteroatoms. The molecule has 0 fully saturated rings. The number of aromatic nitrogens is 2. The molecule has 5 nitrogen and oxygen atoms in total. The molecule has 2 aromatic heterocycles. The topological polar surface area (TPSA) is 58.1 Å². The number of benzene rings is 1. The fourth-order valence-corrected chi connectivity index (χ4v) is 3.16. The predicted molar refractivity (Wildman–Crippen MR) is 102 cm³/mol. The van der Waals surface area contributed by atoms with Gasteiger partial charge in [-0.15, -0.1) is 11.3 Å². The summed E-state index contributed by atoms with van der Waals surface area (Å²) in [6.45, 7) is 0. The minimum atomic E-state index is -0.219. The van der Waals surface area contributed by atoms with Crippen LogP contribution < -0.4 is 10.2 Å². The number of nitrogens with zero attached hydrogens (tertiary/aromatic N) is 3. The van der Waals surface area contributed by atoms with E-state index in [-0.39, 0.29) is 5.91 Å². The molecule has 0 aliphatic carbocycles. The second-order valence-corrected chi connectivity index (χ2v) is 7.04. The maximum Gasteiger partial charge on any atom is 0.261 e. The van der Waals surface area contributed by atoms with Gasteiger partial charge in [-0.2, -0.15) is 0 Å². The lowest BCUT2D eigenvalue weighted by Crippen LogP contribution is -2.19. The molecule has 1 amide bonds. The van der Waals surface area contributed by atoms with E-state index in [2.05, 4.69) is 31.2 Å². The van der Waals surface area contributed by atoms with E-state index in [1.807, 2.05) is 48.6 Å². The predicted octanol–water partition coefficient (Wildman–Crippen LogP) is 4.29. The van der Waals surface area contributed by atoms with Crippen LogP contribution in [0.25, 0.3) is 11.3 Å². The summed E-state index contributed by atoms with van der Waals surface area (Å²) in [6.07, 6.45) is 1.67. The normalized spacial score (nSPS) is 10.5. The van der Waals surface area contributed by atoms with Gasteiger partial charge in [0.2, 0.25) is 0 Å². The highest BCUT2D eigenvalue weighted by Gasteiger charge is 2.15. The number of carbonyl (C=O) groups excluding carboxylic acids is 1. The van der Waals surface area contributed by atoms with Gasteiger partial charge in [0.15, 0.2) is 5.13 Å². The molecular formula is C17H15BrN4OS. The van der Waals surface area contributed by atoms with Crippen molar-refractivity contribution in [2.75, 3.05) is 24.3 Å². The molecule has 0 aliphatic heterocycles. The minimum absolute atomic E-state index is 0.219. The van der Waals surface area contributed by atoms with E-state index in [4.69, 9.17) is 0 Å². The average molecular weight is 403 g/mol. The lowest BCUT2D eigenvalue weighted by molar-refractivity contribution is 0.102. The highest BCUT2D eigenvalue weighted by atomic mass is 79.9. The highest BCUT2D eigenvalue weighted by molar-refractivity contribution is 9.10. The first-order valence-electron chi connectivity index (χ1n) is 7.20. The van der Waals surface area contributed by atoms with E-state index in [0.29, 0.717) is 16.5 Å². The summed E-state index contributed by atoms with van der Waals surface area (Å²) in [5.41, 5.74) is 2.36. The van der Waals surface area contributed by atoms with Crippen LogP contribution in [-0.2, 0) is 0 Å². The van der Waals surface area contributed by atoms with Crippen LogP contribution in [0.4, 0.5) is 10.9 Å². The van der Waals surface area contributed by atoms with Gasteiger partial charge in [-0.25, -0.2) is 9.97 Å². The Kier molecular flexibility index (Phi) is 4.92. The zero-order valence-corrected chi connectivity index (χ0v) is 15.6.